The number of hydrogen-bond acceptors (Lipinski definition) is 5. The maximum atomic E-state index is 7.32. The van der Waals surface area contributed by atoms with Gasteiger partial charge in [0.05, 0.1) is 0 Å². The van der Waals surface area contributed by atoms with Gasteiger partial charge in [-0.25, -0.2) is 0 Å². The maximum Gasteiger partial charge on any atom is 0.139 e. The van der Waals surface area contributed by atoms with E-state index in [1.165, 1.54) is 0 Å². The van der Waals surface area contributed by atoms with Crippen molar-refractivity contribution in [2.75, 3.05) is 26.5 Å². The highest BCUT2D eigenvalue weighted by atomic mass is 32.2. The first-order chi connectivity index (χ1) is 7.31. The Morgan fingerprint density at radius 2 is 2.53 bits per heavy atom. The summed E-state index contributed by atoms with van der Waals surface area (Å²) in [5.41, 5.74) is 0.980. The van der Waals surface area contributed by atoms with Gasteiger partial charge < -0.3 is 10.1 Å². The number of ether oxygens (including phenoxy) is 1. The van der Waals surface area contributed by atoms with Gasteiger partial charge >= 0.3 is 0 Å². The van der Waals surface area contributed by atoms with Crippen molar-refractivity contribution >= 4 is 17.6 Å². The summed E-state index contributed by atoms with van der Waals surface area (Å²) in [6.07, 6.45) is -0.0993. The van der Waals surface area contributed by atoms with Crippen molar-refractivity contribution in [3.05, 3.63) is 5.57 Å². The molecular formula is C10H17N3OS. The molecule has 0 aromatic carbocycles. The Labute approximate surface area is 94.3 Å². The van der Waals surface area contributed by atoms with E-state index in [0.29, 0.717) is 17.2 Å². The Hall–Kier alpha value is -0.320. The van der Waals surface area contributed by atoms with Gasteiger partial charge in [0, 0.05) is 42.2 Å². The van der Waals surface area contributed by atoms with Crippen molar-refractivity contribution in [1.82, 2.24) is 10.6 Å². The van der Waals surface area contributed by atoms with Crippen LogP contribution in [-0.2, 0) is 4.74 Å². The molecule has 0 aromatic rings. The fourth-order valence-electron chi connectivity index (χ4n) is 2.40. The third-order valence-electron chi connectivity index (χ3n) is 3.14. The van der Waals surface area contributed by atoms with Crippen LogP contribution in [0, 0.1) is 11.3 Å². The highest BCUT2D eigenvalue weighted by Gasteiger charge is 2.47. The van der Waals surface area contributed by atoms with Crippen LogP contribution in [0.1, 0.15) is 0 Å². The molecule has 0 bridgehead atoms. The van der Waals surface area contributed by atoms with Crippen LogP contribution in [0.2, 0.25) is 0 Å². The molecule has 2 heterocycles. The zero-order valence-electron chi connectivity index (χ0n) is 9.04. The Kier molecular flexibility index (Phi) is 3.49. The Bertz CT molecular complexity index is 290. The van der Waals surface area contributed by atoms with Crippen LogP contribution < -0.4 is 10.6 Å². The topological polar surface area (TPSA) is 57.1 Å². The normalized spacial score (nSPS) is 39.2. The molecule has 84 valence electrons. The first kappa shape index (κ1) is 11.2. The van der Waals surface area contributed by atoms with Gasteiger partial charge in [-0.05, 0) is 12.9 Å². The van der Waals surface area contributed by atoms with E-state index in [9.17, 15) is 0 Å². The van der Waals surface area contributed by atoms with E-state index in [1.54, 1.807) is 7.11 Å². The minimum absolute atomic E-state index is 0.0993. The summed E-state index contributed by atoms with van der Waals surface area (Å²) < 4.78 is 5.32. The van der Waals surface area contributed by atoms with Gasteiger partial charge in [0.15, 0.2) is 0 Å². The zero-order valence-corrected chi connectivity index (χ0v) is 9.86. The number of fused-ring (bicyclic) bond motifs is 1. The molecule has 4 atom stereocenters. The molecule has 3 unspecified atom stereocenters. The van der Waals surface area contributed by atoms with Crippen molar-refractivity contribution in [3.8, 4) is 0 Å². The molecule has 15 heavy (non-hydrogen) atoms. The van der Waals surface area contributed by atoms with E-state index in [1.807, 2.05) is 18.8 Å². The molecule has 0 amide bonds. The van der Waals surface area contributed by atoms with E-state index in [-0.39, 0.29) is 6.23 Å². The van der Waals surface area contributed by atoms with Crippen molar-refractivity contribution in [1.29, 1.82) is 5.41 Å². The summed E-state index contributed by atoms with van der Waals surface area (Å²) in [4.78, 5) is 0. The van der Waals surface area contributed by atoms with Crippen LogP contribution in [0.5, 0.6) is 0 Å². The summed E-state index contributed by atoms with van der Waals surface area (Å²) >= 11 is 1.97. The molecule has 2 aliphatic rings. The lowest BCUT2D eigenvalue weighted by Crippen LogP contribution is -2.41. The van der Waals surface area contributed by atoms with Gasteiger partial charge in [-0.15, -0.1) is 0 Å². The van der Waals surface area contributed by atoms with Crippen LogP contribution in [0.15, 0.2) is 5.57 Å². The average Bonchev–Trinajstić information content (AvgIpc) is 2.78. The van der Waals surface area contributed by atoms with Gasteiger partial charge in [0.1, 0.15) is 6.23 Å². The van der Waals surface area contributed by atoms with Gasteiger partial charge in [-0.3, -0.25) is 10.7 Å². The molecule has 3 N–H and O–H groups in total. The smallest absolute Gasteiger partial charge is 0.139 e. The summed E-state index contributed by atoms with van der Waals surface area (Å²) in [7, 11) is 3.65. The van der Waals surface area contributed by atoms with Crippen molar-refractivity contribution < 1.29 is 4.74 Å². The lowest BCUT2D eigenvalue weighted by molar-refractivity contribution is 0.113. The second-order valence-corrected chi connectivity index (χ2v) is 5.20. The van der Waals surface area contributed by atoms with Gasteiger partial charge in [0.25, 0.3) is 0 Å². The van der Waals surface area contributed by atoms with E-state index in [0.717, 1.165) is 17.9 Å². The van der Waals surface area contributed by atoms with E-state index in [2.05, 4.69) is 16.5 Å². The highest BCUT2D eigenvalue weighted by molar-refractivity contribution is 8.00. The second kappa shape index (κ2) is 4.68. The lowest BCUT2D eigenvalue weighted by Gasteiger charge is -2.18. The van der Waals surface area contributed by atoms with Gasteiger partial charge in [-0.2, -0.15) is 11.8 Å². The molecule has 2 aliphatic heterocycles. The summed E-state index contributed by atoms with van der Waals surface area (Å²) in [6.45, 7) is 1.00. The lowest BCUT2D eigenvalue weighted by atomic mass is 9.96. The van der Waals surface area contributed by atoms with Crippen LogP contribution in [0.4, 0.5) is 0 Å². The van der Waals surface area contributed by atoms with E-state index in [4.69, 9.17) is 10.1 Å². The largest absolute Gasteiger partial charge is 0.362 e. The standard InChI is InChI=1S/C10H17N3OS/c1-12-4-8-9-7(5-15-8)6(3-11)10(13-9)14-2/h7-13H,4-5H2,1-2H3/t7?,8-,9?,10?/m0/s1. The molecule has 0 saturated carbocycles. The van der Waals surface area contributed by atoms with Crippen molar-refractivity contribution in [3.63, 3.8) is 0 Å². The number of rotatable bonds is 3. The minimum atomic E-state index is -0.0993. The van der Waals surface area contributed by atoms with Crippen LogP contribution in [-0.4, -0.2) is 49.8 Å². The van der Waals surface area contributed by atoms with Crippen molar-refractivity contribution in [2.24, 2.45) is 5.92 Å². The molecule has 0 aromatic heterocycles. The fraction of sp³-hybridized carbons (Fsp3) is 0.800. The Balaban J connectivity index is 2.13. The summed E-state index contributed by atoms with van der Waals surface area (Å²) in [5, 5.41) is 14.5. The molecule has 2 fully saturated rings. The van der Waals surface area contributed by atoms with Gasteiger partial charge in [-0.1, -0.05) is 0 Å². The predicted octanol–water partition coefficient (Wildman–Crippen LogP) is 0.0566. The summed E-state index contributed by atoms with van der Waals surface area (Å²) in [6, 6.07) is 0.431. The first-order valence-corrected chi connectivity index (χ1v) is 6.21. The highest BCUT2D eigenvalue weighted by Crippen LogP contribution is 2.40. The molecule has 5 heteroatoms. The number of thioether (sulfide) groups is 1. The molecule has 0 spiro atoms. The zero-order chi connectivity index (χ0) is 10.8. The van der Waals surface area contributed by atoms with Crippen LogP contribution in [0.3, 0.4) is 0 Å². The minimum Gasteiger partial charge on any atom is -0.362 e. The number of hydrogen-bond donors (Lipinski definition) is 3. The quantitative estimate of drug-likeness (QED) is 0.597. The van der Waals surface area contributed by atoms with Crippen LogP contribution in [0.25, 0.3) is 0 Å². The average molecular weight is 227 g/mol. The molecule has 0 radical (unpaired) electrons. The molecule has 2 saturated heterocycles. The van der Waals surface area contributed by atoms with E-state index >= 15 is 0 Å². The number of nitrogens with one attached hydrogen (secondary N) is 3. The van der Waals surface area contributed by atoms with Crippen LogP contribution >= 0.6 is 11.8 Å². The Morgan fingerprint density at radius 3 is 3.13 bits per heavy atom. The monoisotopic (exact) mass is 227 g/mol. The maximum absolute atomic E-state index is 7.32. The van der Waals surface area contributed by atoms with E-state index < -0.39 is 0 Å². The molecule has 0 aliphatic carbocycles. The first-order valence-electron chi connectivity index (χ1n) is 5.16. The third-order valence-corrected chi connectivity index (χ3v) is 4.57. The fourth-order valence-corrected chi connectivity index (χ4v) is 4.00. The SMILES string of the molecule is CNC[C@@H]1SCC2C(=C=N)C(OC)NC21. The molecule has 4 nitrogen and oxygen atoms in total. The van der Waals surface area contributed by atoms with Gasteiger partial charge in [0.2, 0.25) is 0 Å². The molecular weight excluding hydrogens is 210 g/mol. The Morgan fingerprint density at radius 1 is 1.73 bits per heavy atom. The molecule has 2 rings (SSSR count). The van der Waals surface area contributed by atoms with Crippen molar-refractivity contribution in [2.45, 2.75) is 17.5 Å². The summed E-state index contributed by atoms with van der Waals surface area (Å²) in [5.74, 6) is 4.05. The second-order valence-electron chi connectivity index (χ2n) is 3.92. The predicted molar refractivity (Wildman–Crippen MR) is 62.6 cm³/mol. The number of methoxy groups -OCH3 is 1. The third kappa shape index (κ3) is 1.86.